The summed E-state index contributed by atoms with van der Waals surface area (Å²) in [4.78, 5) is 23.0. The van der Waals surface area contributed by atoms with Crippen molar-refractivity contribution in [3.05, 3.63) is 78.0 Å². The van der Waals surface area contributed by atoms with E-state index in [1.54, 1.807) is 20.0 Å². The van der Waals surface area contributed by atoms with Gasteiger partial charge in [0.2, 0.25) is 9.84 Å². The molecular formula is C21H21FN4O6S. The van der Waals surface area contributed by atoms with Gasteiger partial charge in [0.1, 0.15) is 11.5 Å². The molecule has 0 aliphatic carbocycles. The Morgan fingerprint density at radius 1 is 1.15 bits per heavy atom. The number of aromatic nitrogens is 3. The fourth-order valence-electron chi connectivity index (χ4n) is 2.59. The Kier molecular flexibility index (Phi) is 8.54. The summed E-state index contributed by atoms with van der Waals surface area (Å²) in [5.41, 5.74) is 1.31. The zero-order valence-electron chi connectivity index (χ0n) is 17.6. The maximum atomic E-state index is 14.4. The van der Waals surface area contributed by atoms with Crippen molar-refractivity contribution in [2.75, 3.05) is 7.05 Å². The van der Waals surface area contributed by atoms with Crippen LogP contribution in [0.15, 0.2) is 70.9 Å². The van der Waals surface area contributed by atoms with Gasteiger partial charge in [0.25, 0.3) is 0 Å². The Balaban J connectivity index is 0.000000414. The molecule has 0 amide bonds. The number of hydrogen-bond acceptors (Lipinski definition) is 7. The number of rotatable bonds is 7. The number of carboxylic acid groups (broad SMARTS) is 2. The van der Waals surface area contributed by atoms with Crippen molar-refractivity contribution in [2.24, 2.45) is 0 Å². The highest BCUT2D eigenvalue weighted by Crippen LogP contribution is 2.25. The largest absolute Gasteiger partial charge is 0.478 e. The van der Waals surface area contributed by atoms with Crippen LogP contribution in [0.4, 0.5) is 4.39 Å². The van der Waals surface area contributed by atoms with Crippen molar-refractivity contribution >= 4 is 21.8 Å². The van der Waals surface area contributed by atoms with Crippen LogP contribution in [0.1, 0.15) is 11.3 Å². The molecule has 0 fully saturated rings. The summed E-state index contributed by atoms with van der Waals surface area (Å²) in [6, 6.07) is 8.99. The highest BCUT2D eigenvalue weighted by Gasteiger charge is 2.26. The average Bonchev–Trinajstić information content (AvgIpc) is 3.18. The molecule has 0 radical (unpaired) electrons. The first-order valence-electron chi connectivity index (χ1n) is 9.35. The minimum atomic E-state index is -3.90. The van der Waals surface area contributed by atoms with E-state index < -0.39 is 27.6 Å². The highest BCUT2D eigenvalue weighted by atomic mass is 32.2. The normalized spacial score (nSPS) is 11.1. The van der Waals surface area contributed by atoms with E-state index >= 15 is 0 Å². The van der Waals surface area contributed by atoms with Gasteiger partial charge in [-0.25, -0.2) is 27.1 Å². The van der Waals surface area contributed by atoms with Gasteiger partial charge in [0.05, 0.1) is 10.6 Å². The van der Waals surface area contributed by atoms with E-state index in [2.05, 4.69) is 15.4 Å². The standard InChI is InChI=1S/C17H17FN4O2S.C4H4O4/c1-12-5-6-16(15(18)8-12)22-17(9-13(21-22)10-19-2)25(23,24)14-4-3-7-20-11-14;5-3(6)1-2-4(7)8/h3-9,11,19H,10H2,1-2H3;1-2H,(H,5,6)(H,7,8)/b;2-1+. The summed E-state index contributed by atoms with van der Waals surface area (Å²) >= 11 is 0. The van der Waals surface area contributed by atoms with E-state index in [4.69, 9.17) is 10.2 Å². The van der Waals surface area contributed by atoms with Crippen LogP contribution < -0.4 is 5.32 Å². The third-order valence-corrected chi connectivity index (χ3v) is 5.71. The van der Waals surface area contributed by atoms with Crippen molar-refractivity contribution in [1.29, 1.82) is 0 Å². The molecular weight excluding hydrogens is 455 g/mol. The molecule has 3 N–H and O–H groups in total. The number of benzene rings is 1. The maximum Gasteiger partial charge on any atom is 0.328 e. The van der Waals surface area contributed by atoms with Gasteiger partial charge in [0.15, 0.2) is 5.03 Å². The zero-order valence-corrected chi connectivity index (χ0v) is 18.5. The number of carbonyl (C=O) groups is 2. The van der Waals surface area contributed by atoms with Gasteiger partial charge >= 0.3 is 11.9 Å². The second kappa shape index (κ2) is 11.1. The van der Waals surface area contributed by atoms with Crippen LogP contribution in [0.5, 0.6) is 0 Å². The van der Waals surface area contributed by atoms with E-state index in [1.807, 2.05) is 0 Å². The van der Waals surface area contributed by atoms with Crippen LogP contribution in [0.25, 0.3) is 5.69 Å². The van der Waals surface area contributed by atoms with E-state index in [0.717, 1.165) is 10.2 Å². The molecule has 0 unspecified atom stereocenters. The van der Waals surface area contributed by atoms with Gasteiger partial charge in [-0.1, -0.05) is 6.07 Å². The molecule has 0 aliphatic rings. The van der Waals surface area contributed by atoms with Crippen molar-refractivity contribution < 1.29 is 32.6 Å². The van der Waals surface area contributed by atoms with Gasteiger partial charge in [-0.15, -0.1) is 0 Å². The third kappa shape index (κ3) is 6.79. The first-order chi connectivity index (χ1) is 15.6. The third-order valence-electron chi connectivity index (χ3n) is 4.01. The van der Waals surface area contributed by atoms with Gasteiger partial charge in [-0.2, -0.15) is 5.10 Å². The smallest absolute Gasteiger partial charge is 0.328 e. The first kappa shape index (κ1) is 25.4. The Hall–Kier alpha value is -3.90. The number of nitrogens with zero attached hydrogens (tertiary/aromatic N) is 3. The minimum Gasteiger partial charge on any atom is -0.478 e. The van der Waals surface area contributed by atoms with E-state index in [-0.39, 0.29) is 15.6 Å². The maximum absolute atomic E-state index is 14.4. The summed E-state index contributed by atoms with van der Waals surface area (Å²) in [5.74, 6) is -3.05. The average molecular weight is 476 g/mol. The van der Waals surface area contributed by atoms with Crippen molar-refractivity contribution in [1.82, 2.24) is 20.1 Å². The number of aliphatic carboxylic acids is 2. The zero-order chi connectivity index (χ0) is 24.6. The van der Waals surface area contributed by atoms with Crippen LogP contribution in [-0.4, -0.2) is 52.4 Å². The lowest BCUT2D eigenvalue weighted by Gasteiger charge is -2.09. The molecule has 0 saturated heterocycles. The lowest BCUT2D eigenvalue weighted by Crippen LogP contribution is -2.11. The van der Waals surface area contributed by atoms with Gasteiger partial charge in [-0.05, 0) is 43.8 Å². The second-order valence-electron chi connectivity index (χ2n) is 6.57. The van der Waals surface area contributed by atoms with Crippen LogP contribution >= 0.6 is 0 Å². The number of nitrogens with one attached hydrogen (secondary N) is 1. The van der Waals surface area contributed by atoms with Crippen LogP contribution in [0.3, 0.4) is 0 Å². The van der Waals surface area contributed by atoms with Crippen LogP contribution in [0.2, 0.25) is 0 Å². The predicted octanol–water partition coefficient (Wildman–Crippen LogP) is 1.98. The van der Waals surface area contributed by atoms with Gasteiger partial charge < -0.3 is 15.5 Å². The molecule has 0 saturated carbocycles. The minimum absolute atomic E-state index is 0.0275. The van der Waals surface area contributed by atoms with Crippen molar-refractivity contribution in [3.63, 3.8) is 0 Å². The lowest BCUT2D eigenvalue weighted by molar-refractivity contribution is -0.134. The molecule has 0 spiro atoms. The first-order valence-corrected chi connectivity index (χ1v) is 10.8. The van der Waals surface area contributed by atoms with Crippen molar-refractivity contribution in [3.8, 4) is 5.69 Å². The molecule has 2 heterocycles. The molecule has 10 nitrogen and oxygen atoms in total. The molecule has 2 aromatic heterocycles. The van der Waals surface area contributed by atoms with Crippen molar-refractivity contribution in [2.45, 2.75) is 23.4 Å². The topological polar surface area (TPSA) is 151 Å². The molecule has 1 aromatic carbocycles. The second-order valence-corrected chi connectivity index (χ2v) is 8.47. The molecule has 0 bridgehead atoms. The fourth-order valence-corrected chi connectivity index (χ4v) is 3.95. The van der Waals surface area contributed by atoms with Gasteiger partial charge in [-0.3, -0.25) is 4.98 Å². The lowest BCUT2D eigenvalue weighted by atomic mass is 10.2. The van der Waals surface area contributed by atoms with E-state index in [9.17, 15) is 22.4 Å². The summed E-state index contributed by atoms with van der Waals surface area (Å²) in [6.45, 7) is 2.12. The number of aryl methyl sites for hydroxylation is 1. The Morgan fingerprint density at radius 3 is 2.33 bits per heavy atom. The summed E-state index contributed by atoms with van der Waals surface area (Å²) < 4.78 is 41.5. The number of hydrogen-bond donors (Lipinski definition) is 3. The Morgan fingerprint density at radius 2 is 1.82 bits per heavy atom. The molecule has 0 atom stereocenters. The van der Waals surface area contributed by atoms with Gasteiger partial charge in [0, 0.05) is 37.2 Å². The van der Waals surface area contributed by atoms with E-state index in [1.165, 1.54) is 42.7 Å². The Labute approximate surface area is 188 Å². The quantitative estimate of drug-likeness (QED) is 0.435. The number of halogens is 1. The fraction of sp³-hybridized carbons (Fsp3) is 0.143. The SMILES string of the molecule is CNCc1cc(S(=O)(=O)c2cccnc2)n(-c2ccc(C)cc2F)n1.O=C(O)/C=C/C(=O)O. The number of pyridine rings is 1. The summed E-state index contributed by atoms with van der Waals surface area (Å²) in [5, 5.41) is 22.7. The number of sulfone groups is 1. The molecule has 174 valence electrons. The number of carboxylic acids is 2. The Bertz CT molecular complexity index is 1260. The van der Waals surface area contributed by atoms with Crippen LogP contribution in [0, 0.1) is 12.7 Å². The predicted molar refractivity (Wildman–Crippen MR) is 115 cm³/mol. The monoisotopic (exact) mass is 476 g/mol. The molecule has 3 aromatic rings. The molecule has 3 rings (SSSR count). The molecule has 0 aliphatic heterocycles. The summed E-state index contributed by atoms with van der Waals surface area (Å²) in [6.07, 6.45) is 3.86. The summed E-state index contributed by atoms with van der Waals surface area (Å²) in [7, 11) is -2.18. The molecule has 33 heavy (non-hydrogen) atoms. The van der Waals surface area contributed by atoms with Crippen LogP contribution in [-0.2, 0) is 26.0 Å². The highest BCUT2D eigenvalue weighted by molar-refractivity contribution is 7.91. The van der Waals surface area contributed by atoms with E-state index in [0.29, 0.717) is 24.4 Å². The molecule has 12 heteroatoms.